The molecular formula is C12H13BrN2O4S3. The van der Waals surface area contributed by atoms with Crippen LogP contribution in [0.15, 0.2) is 49.3 Å². The van der Waals surface area contributed by atoms with Gasteiger partial charge in [0.25, 0.3) is 10.0 Å². The minimum Gasteiger partial charge on any atom is -0.279 e. The molecule has 2 aromatic rings. The number of rotatable bonds is 6. The Morgan fingerprint density at radius 3 is 2.14 bits per heavy atom. The maximum Gasteiger partial charge on any atom is 0.271 e. The van der Waals surface area contributed by atoms with Crippen LogP contribution in [-0.2, 0) is 20.0 Å². The van der Waals surface area contributed by atoms with Crippen LogP contribution in [0.5, 0.6) is 0 Å². The van der Waals surface area contributed by atoms with Crippen LogP contribution < -0.4 is 9.44 Å². The van der Waals surface area contributed by atoms with Crippen molar-refractivity contribution < 1.29 is 16.8 Å². The number of anilines is 1. The quantitative estimate of drug-likeness (QED) is 0.744. The predicted molar refractivity (Wildman–Crippen MR) is 90.1 cm³/mol. The molecule has 0 radical (unpaired) electrons. The van der Waals surface area contributed by atoms with E-state index in [1.165, 1.54) is 30.3 Å². The Kier molecular flexibility index (Phi) is 5.28. The Balaban J connectivity index is 2.22. The highest BCUT2D eigenvalue weighted by Gasteiger charge is 2.17. The SMILES string of the molecule is CCNS(=O)(=O)c1ccc(NS(=O)(=O)c2ccc(Br)s2)cc1. The highest BCUT2D eigenvalue weighted by molar-refractivity contribution is 9.11. The average Bonchev–Trinajstić information content (AvgIpc) is 2.86. The van der Waals surface area contributed by atoms with Gasteiger partial charge in [-0.25, -0.2) is 21.6 Å². The molecule has 0 atom stereocenters. The summed E-state index contributed by atoms with van der Waals surface area (Å²) >= 11 is 4.30. The molecule has 120 valence electrons. The molecule has 22 heavy (non-hydrogen) atoms. The Morgan fingerprint density at radius 1 is 1.00 bits per heavy atom. The number of halogens is 1. The molecule has 0 unspecified atom stereocenters. The van der Waals surface area contributed by atoms with Crippen molar-refractivity contribution in [3.8, 4) is 0 Å². The van der Waals surface area contributed by atoms with Gasteiger partial charge in [-0.1, -0.05) is 6.92 Å². The number of thiophene rings is 1. The maximum absolute atomic E-state index is 12.1. The van der Waals surface area contributed by atoms with E-state index < -0.39 is 20.0 Å². The molecule has 1 aromatic carbocycles. The molecule has 6 nitrogen and oxygen atoms in total. The Hall–Kier alpha value is -0.940. The van der Waals surface area contributed by atoms with Gasteiger partial charge < -0.3 is 0 Å². The number of hydrogen-bond donors (Lipinski definition) is 2. The first-order valence-electron chi connectivity index (χ1n) is 6.12. The van der Waals surface area contributed by atoms with Crippen molar-refractivity contribution in [2.24, 2.45) is 0 Å². The molecule has 10 heteroatoms. The zero-order chi connectivity index (χ0) is 16.4. The van der Waals surface area contributed by atoms with Gasteiger partial charge in [-0.15, -0.1) is 11.3 Å². The third-order valence-corrected chi connectivity index (χ3v) is 7.62. The predicted octanol–water partition coefficient (Wildman–Crippen LogP) is 2.61. The fraction of sp³-hybridized carbons (Fsp3) is 0.167. The molecule has 0 saturated heterocycles. The summed E-state index contributed by atoms with van der Waals surface area (Å²) in [5, 5.41) is 0. The van der Waals surface area contributed by atoms with E-state index in [1.807, 2.05) is 0 Å². The standard InChI is InChI=1S/C12H13BrN2O4S3/c1-2-14-21(16,17)10-5-3-9(4-6-10)15-22(18,19)12-8-7-11(13)20-12/h3-8,14-15H,2H2,1H3. The second kappa shape index (κ2) is 6.67. The van der Waals surface area contributed by atoms with Crippen LogP contribution in [0.3, 0.4) is 0 Å². The van der Waals surface area contributed by atoms with Crippen molar-refractivity contribution in [2.75, 3.05) is 11.3 Å². The topological polar surface area (TPSA) is 92.3 Å². The first kappa shape index (κ1) is 17.4. The highest BCUT2D eigenvalue weighted by atomic mass is 79.9. The van der Waals surface area contributed by atoms with Crippen molar-refractivity contribution >= 4 is 53.0 Å². The third-order valence-electron chi connectivity index (χ3n) is 2.56. The zero-order valence-corrected chi connectivity index (χ0v) is 15.4. The lowest BCUT2D eigenvalue weighted by Crippen LogP contribution is -2.23. The number of nitrogens with one attached hydrogen (secondary N) is 2. The second-order valence-corrected chi connectivity index (χ2v) is 10.3. The molecule has 0 bridgehead atoms. The van der Waals surface area contributed by atoms with E-state index in [0.29, 0.717) is 9.47 Å². The molecule has 1 heterocycles. The Labute approximate surface area is 141 Å². The second-order valence-electron chi connectivity index (χ2n) is 4.19. The molecule has 0 amide bonds. The summed E-state index contributed by atoms with van der Waals surface area (Å²) < 4.78 is 53.5. The fourth-order valence-electron chi connectivity index (χ4n) is 1.62. The average molecular weight is 425 g/mol. The van der Waals surface area contributed by atoms with Gasteiger partial charge in [0.05, 0.1) is 8.68 Å². The monoisotopic (exact) mass is 424 g/mol. The molecule has 0 aliphatic carbocycles. The van der Waals surface area contributed by atoms with Crippen molar-refractivity contribution in [1.82, 2.24) is 4.72 Å². The van der Waals surface area contributed by atoms with Gasteiger partial charge in [0.15, 0.2) is 0 Å². The zero-order valence-electron chi connectivity index (χ0n) is 11.4. The van der Waals surface area contributed by atoms with Crippen molar-refractivity contribution in [3.05, 3.63) is 40.2 Å². The molecule has 0 aliphatic heterocycles. The van der Waals surface area contributed by atoms with Gasteiger partial charge in [-0.2, -0.15) is 0 Å². The minimum absolute atomic E-state index is 0.0798. The summed E-state index contributed by atoms with van der Waals surface area (Å²) in [7, 11) is -7.23. The van der Waals surface area contributed by atoms with Crippen molar-refractivity contribution in [2.45, 2.75) is 16.0 Å². The summed E-state index contributed by atoms with van der Waals surface area (Å²) in [4.78, 5) is 0.0798. The van der Waals surface area contributed by atoms with Crippen LogP contribution in [0.2, 0.25) is 0 Å². The van der Waals surface area contributed by atoms with Gasteiger partial charge >= 0.3 is 0 Å². The maximum atomic E-state index is 12.1. The van der Waals surface area contributed by atoms with E-state index >= 15 is 0 Å². The van der Waals surface area contributed by atoms with E-state index in [4.69, 9.17) is 0 Å². The van der Waals surface area contributed by atoms with Gasteiger partial charge in [0.1, 0.15) is 4.21 Å². The van der Waals surface area contributed by atoms with Crippen LogP contribution in [0.25, 0.3) is 0 Å². The van der Waals surface area contributed by atoms with Crippen LogP contribution >= 0.6 is 27.3 Å². The fourth-order valence-corrected chi connectivity index (χ4v) is 5.73. The molecule has 0 spiro atoms. The lowest BCUT2D eigenvalue weighted by atomic mass is 10.3. The summed E-state index contributed by atoms with van der Waals surface area (Å²) in [5.41, 5.74) is 0.292. The van der Waals surface area contributed by atoms with Crippen LogP contribution in [0.4, 0.5) is 5.69 Å². The van der Waals surface area contributed by atoms with Crippen molar-refractivity contribution in [3.63, 3.8) is 0 Å². The lowest BCUT2D eigenvalue weighted by molar-refractivity contribution is 0.584. The summed E-state index contributed by atoms with van der Waals surface area (Å²) in [6.07, 6.45) is 0. The summed E-state index contributed by atoms with van der Waals surface area (Å²) in [6, 6.07) is 8.64. The van der Waals surface area contributed by atoms with E-state index in [9.17, 15) is 16.8 Å². The molecule has 0 fully saturated rings. The number of benzene rings is 1. The lowest BCUT2D eigenvalue weighted by Gasteiger charge is -2.08. The molecule has 2 rings (SSSR count). The van der Waals surface area contributed by atoms with Gasteiger partial charge in [-0.05, 0) is 52.3 Å². The van der Waals surface area contributed by atoms with E-state index in [2.05, 4.69) is 25.4 Å². The van der Waals surface area contributed by atoms with Crippen LogP contribution in [-0.4, -0.2) is 23.4 Å². The number of hydrogen-bond acceptors (Lipinski definition) is 5. The van der Waals surface area contributed by atoms with Gasteiger partial charge in [-0.3, -0.25) is 4.72 Å². The summed E-state index contributed by atoms with van der Waals surface area (Å²) in [5.74, 6) is 0. The molecule has 0 aliphatic rings. The minimum atomic E-state index is -3.68. The molecular weight excluding hydrogens is 412 g/mol. The molecule has 1 aromatic heterocycles. The largest absolute Gasteiger partial charge is 0.279 e. The van der Waals surface area contributed by atoms with E-state index in [1.54, 1.807) is 13.0 Å². The van der Waals surface area contributed by atoms with E-state index in [0.717, 1.165) is 11.3 Å². The van der Waals surface area contributed by atoms with Gasteiger partial charge in [0.2, 0.25) is 10.0 Å². The van der Waals surface area contributed by atoms with Crippen LogP contribution in [0, 0.1) is 0 Å². The molecule has 2 N–H and O–H groups in total. The van der Waals surface area contributed by atoms with E-state index in [-0.39, 0.29) is 15.6 Å². The smallest absolute Gasteiger partial charge is 0.271 e. The first-order valence-corrected chi connectivity index (χ1v) is 10.7. The summed E-state index contributed by atoms with van der Waals surface area (Å²) in [6.45, 7) is 1.96. The highest BCUT2D eigenvalue weighted by Crippen LogP contribution is 2.27. The van der Waals surface area contributed by atoms with Crippen molar-refractivity contribution in [1.29, 1.82) is 0 Å². The third kappa shape index (κ3) is 4.07. The Bertz CT molecular complexity index is 858. The van der Waals surface area contributed by atoms with Crippen LogP contribution in [0.1, 0.15) is 6.92 Å². The Morgan fingerprint density at radius 2 is 1.64 bits per heavy atom. The normalized spacial score (nSPS) is 12.3. The number of sulfonamides is 2. The first-order chi connectivity index (χ1) is 10.2. The van der Waals surface area contributed by atoms with Gasteiger partial charge in [0, 0.05) is 12.2 Å². The molecule has 0 saturated carbocycles.